The Morgan fingerprint density at radius 2 is 1.92 bits per heavy atom. The highest BCUT2D eigenvalue weighted by Crippen LogP contribution is 2.24. The van der Waals surface area contributed by atoms with Crippen molar-refractivity contribution in [1.82, 2.24) is 10.3 Å². The van der Waals surface area contributed by atoms with Gasteiger partial charge >= 0.3 is 0 Å². The summed E-state index contributed by atoms with van der Waals surface area (Å²) in [5.41, 5.74) is 1.09. The van der Waals surface area contributed by atoms with Crippen LogP contribution in [0.25, 0.3) is 0 Å². The van der Waals surface area contributed by atoms with Gasteiger partial charge in [0.05, 0.1) is 24.2 Å². The van der Waals surface area contributed by atoms with Crippen molar-refractivity contribution >= 4 is 33.2 Å². The van der Waals surface area contributed by atoms with Crippen LogP contribution in [0.2, 0.25) is 5.02 Å². The Bertz CT molecular complexity index is 811. The van der Waals surface area contributed by atoms with Gasteiger partial charge in [0.1, 0.15) is 6.04 Å². The van der Waals surface area contributed by atoms with Crippen LogP contribution >= 0.6 is 11.6 Å². The van der Waals surface area contributed by atoms with Gasteiger partial charge in [-0.1, -0.05) is 24.6 Å². The van der Waals surface area contributed by atoms with E-state index in [9.17, 15) is 13.2 Å². The van der Waals surface area contributed by atoms with Gasteiger partial charge in [-0.05, 0) is 42.8 Å². The Hall–Kier alpha value is -2.12. The van der Waals surface area contributed by atoms with E-state index >= 15 is 0 Å². The molecule has 1 atom stereocenters. The molecule has 2 rings (SSSR count). The highest BCUT2D eigenvalue weighted by atomic mass is 35.5. The first-order valence-electron chi connectivity index (χ1n) is 7.75. The topological polar surface area (TPSA) is 79.4 Å². The summed E-state index contributed by atoms with van der Waals surface area (Å²) in [7, 11) is -3.66. The number of rotatable bonds is 7. The summed E-state index contributed by atoms with van der Waals surface area (Å²) < 4.78 is 25.7. The fourth-order valence-electron chi connectivity index (χ4n) is 2.45. The smallest absolute Gasteiger partial charge is 0.244 e. The minimum Gasteiger partial charge on any atom is -0.349 e. The third-order valence-corrected chi connectivity index (χ3v) is 5.01. The first kappa shape index (κ1) is 19.2. The van der Waals surface area contributed by atoms with Crippen molar-refractivity contribution in [3.63, 3.8) is 0 Å². The number of anilines is 1. The van der Waals surface area contributed by atoms with Crippen molar-refractivity contribution in [2.45, 2.75) is 25.9 Å². The maximum atomic E-state index is 12.6. The molecular weight excluding hydrogens is 362 g/mol. The second-order valence-corrected chi connectivity index (χ2v) is 7.79. The highest BCUT2D eigenvalue weighted by molar-refractivity contribution is 7.92. The molecule has 1 unspecified atom stereocenters. The first-order chi connectivity index (χ1) is 11.8. The zero-order chi connectivity index (χ0) is 18.4. The van der Waals surface area contributed by atoms with Gasteiger partial charge in [0.2, 0.25) is 15.9 Å². The molecule has 1 N–H and O–H groups in total. The molecular formula is C17H20ClN3O3S. The van der Waals surface area contributed by atoms with Crippen LogP contribution in [0.5, 0.6) is 0 Å². The molecule has 134 valence electrons. The molecule has 0 aliphatic carbocycles. The zero-order valence-electron chi connectivity index (χ0n) is 14.0. The van der Waals surface area contributed by atoms with Crippen LogP contribution in [0, 0.1) is 0 Å². The van der Waals surface area contributed by atoms with Crippen LogP contribution in [-0.2, 0) is 21.4 Å². The maximum absolute atomic E-state index is 12.6. The summed E-state index contributed by atoms with van der Waals surface area (Å²) >= 11 is 5.87. The molecule has 1 aromatic heterocycles. The van der Waals surface area contributed by atoms with E-state index < -0.39 is 16.1 Å². The molecule has 0 aliphatic heterocycles. The van der Waals surface area contributed by atoms with Gasteiger partial charge in [0.15, 0.2) is 0 Å². The van der Waals surface area contributed by atoms with Crippen molar-refractivity contribution in [3.05, 3.63) is 59.4 Å². The Balaban J connectivity index is 2.23. The number of hydrogen-bond donors (Lipinski definition) is 1. The average molecular weight is 382 g/mol. The number of amides is 1. The monoisotopic (exact) mass is 381 g/mol. The summed E-state index contributed by atoms with van der Waals surface area (Å²) in [5.74, 6) is -0.381. The highest BCUT2D eigenvalue weighted by Gasteiger charge is 2.31. The van der Waals surface area contributed by atoms with Gasteiger partial charge in [-0.2, -0.15) is 0 Å². The van der Waals surface area contributed by atoms with Crippen molar-refractivity contribution in [3.8, 4) is 0 Å². The average Bonchev–Trinajstić information content (AvgIpc) is 2.58. The Labute approximate surface area is 152 Å². The Morgan fingerprint density at radius 3 is 2.44 bits per heavy atom. The number of hydrogen-bond acceptors (Lipinski definition) is 4. The van der Waals surface area contributed by atoms with Gasteiger partial charge in [0.25, 0.3) is 0 Å². The molecule has 6 nitrogen and oxygen atoms in total. The molecule has 0 fully saturated rings. The molecule has 0 bridgehead atoms. The summed E-state index contributed by atoms with van der Waals surface area (Å²) in [4.78, 5) is 16.7. The largest absolute Gasteiger partial charge is 0.349 e. The lowest BCUT2D eigenvalue weighted by Gasteiger charge is -2.30. The number of nitrogens with zero attached hydrogens (tertiary/aromatic N) is 2. The Morgan fingerprint density at radius 1 is 1.24 bits per heavy atom. The molecule has 0 saturated carbocycles. The molecule has 25 heavy (non-hydrogen) atoms. The summed E-state index contributed by atoms with van der Waals surface area (Å²) in [6, 6.07) is 10.9. The van der Waals surface area contributed by atoms with Crippen molar-refractivity contribution in [1.29, 1.82) is 0 Å². The van der Waals surface area contributed by atoms with E-state index in [0.717, 1.165) is 10.6 Å². The van der Waals surface area contributed by atoms with Gasteiger partial charge in [0, 0.05) is 11.2 Å². The van der Waals surface area contributed by atoms with Gasteiger partial charge in [-0.15, -0.1) is 0 Å². The van der Waals surface area contributed by atoms with Crippen LogP contribution in [0.3, 0.4) is 0 Å². The van der Waals surface area contributed by atoms with Crippen molar-refractivity contribution in [2.24, 2.45) is 0 Å². The van der Waals surface area contributed by atoms with Gasteiger partial charge < -0.3 is 5.32 Å². The van der Waals surface area contributed by atoms with E-state index in [1.54, 1.807) is 49.5 Å². The van der Waals surface area contributed by atoms with Gasteiger partial charge in [-0.25, -0.2) is 8.42 Å². The number of benzene rings is 1. The van der Waals surface area contributed by atoms with Crippen molar-refractivity contribution in [2.75, 3.05) is 10.6 Å². The van der Waals surface area contributed by atoms with Crippen LogP contribution in [0.4, 0.5) is 5.69 Å². The lowest BCUT2D eigenvalue weighted by Crippen LogP contribution is -2.49. The lowest BCUT2D eigenvalue weighted by atomic mass is 10.2. The molecule has 0 spiro atoms. The fraction of sp³-hybridized carbons (Fsp3) is 0.294. The van der Waals surface area contributed by atoms with Crippen molar-refractivity contribution < 1.29 is 13.2 Å². The number of carbonyl (C=O) groups excluding carboxylic acids is 1. The molecule has 0 radical (unpaired) electrons. The van der Waals surface area contributed by atoms with Crippen LogP contribution in [0.1, 0.15) is 19.0 Å². The normalized spacial score (nSPS) is 12.4. The number of sulfonamides is 1. The second kappa shape index (κ2) is 8.31. The van der Waals surface area contributed by atoms with Crippen LogP contribution in [-0.4, -0.2) is 31.6 Å². The molecule has 8 heteroatoms. The quantitative estimate of drug-likeness (QED) is 0.799. The van der Waals surface area contributed by atoms with Gasteiger partial charge in [-0.3, -0.25) is 14.1 Å². The lowest BCUT2D eigenvalue weighted by molar-refractivity contribution is -0.122. The SMILES string of the molecule is CCC(C(=O)NCc1ccccn1)N(c1ccc(Cl)cc1)S(C)(=O)=O. The Kier molecular flexibility index (Phi) is 6.39. The van der Waals surface area contributed by atoms with E-state index in [-0.39, 0.29) is 12.5 Å². The molecule has 0 saturated heterocycles. The molecule has 1 heterocycles. The minimum atomic E-state index is -3.66. The first-order valence-corrected chi connectivity index (χ1v) is 9.98. The maximum Gasteiger partial charge on any atom is 0.244 e. The van der Waals surface area contributed by atoms with E-state index in [0.29, 0.717) is 22.8 Å². The van der Waals surface area contributed by atoms with Crippen LogP contribution in [0.15, 0.2) is 48.7 Å². The number of pyridine rings is 1. The number of aromatic nitrogens is 1. The standard InChI is InChI=1S/C17H20ClN3O3S/c1-3-16(17(22)20-12-14-6-4-5-11-19-14)21(25(2,23)24)15-9-7-13(18)8-10-15/h4-11,16H,3,12H2,1-2H3,(H,20,22). The third-order valence-electron chi connectivity index (χ3n) is 3.58. The summed E-state index contributed by atoms with van der Waals surface area (Å²) in [6.45, 7) is 1.99. The number of nitrogens with one attached hydrogen (secondary N) is 1. The predicted molar refractivity (Wildman–Crippen MR) is 98.9 cm³/mol. The fourth-order valence-corrected chi connectivity index (χ4v) is 3.78. The number of halogens is 1. The molecule has 2 aromatic rings. The van der Waals surface area contributed by atoms with Crippen LogP contribution < -0.4 is 9.62 Å². The van der Waals surface area contributed by atoms with E-state index in [2.05, 4.69) is 10.3 Å². The zero-order valence-corrected chi connectivity index (χ0v) is 15.6. The number of carbonyl (C=O) groups is 1. The molecule has 1 aromatic carbocycles. The predicted octanol–water partition coefficient (Wildman–Crippen LogP) is 2.60. The molecule has 1 amide bonds. The molecule has 0 aliphatic rings. The summed E-state index contributed by atoms with van der Waals surface area (Å²) in [6.07, 6.45) is 3.04. The third kappa shape index (κ3) is 5.17. The second-order valence-electron chi connectivity index (χ2n) is 5.50. The van der Waals surface area contributed by atoms with E-state index in [4.69, 9.17) is 11.6 Å². The van der Waals surface area contributed by atoms with E-state index in [1.165, 1.54) is 0 Å². The summed E-state index contributed by atoms with van der Waals surface area (Å²) in [5, 5.41) is 3.24. The van der Waals surface area contributed by atoms with E-state index in [1.807, 2.05) is 6.07 Å². The minimum absolute atomic E-state index is 0.231.